The maximum absolute atomic E-state index is 4.77. The minimum Gasteiger partial charge on any atom is -0.264 e. The van der Waals surface area contributed by atoms with E-state index in [1.54, 1.807) is 23.7 Å². The SMILES string of the molecule is Cc1ccc2c(c1)C(c1cccs1)=NNC(c1cccnc1)=N2. The zero-order valence-electron chi connectivity index (χ0n) is 12.5. The number of hydrogen-bond acceptors (Lipinski definition) is 5. The van der Waals surface area contributed by atoms with Crippen LogP contribution in [-0.4, -0.2) is 16.5 Å². The summed E-state index contributed by atoms with van der Waals surface area (Å²) in [6.07, 6.45) is 3.53. The number of amidine groups is 1. The fourth-order valence-corrected chi connectivity index (χ4v) is 3.21. The standard InChI is InChI=1S/C18H14N4S/c1-12-6-7-15-14(10-12)17(16-5-3-9-23-16)21-22-18(20-15)13-4-2-8-19-11-13/h2-11H,1H3,(H,20,22). The predicted molar refractivity (Wildman–Crippen MR) is 94.7 cm³/mol. The predicted octanol–water partition coefficient (Wildman–Crippen LogP) is 3.89. The van der Waals surface area contributed by atoms with Gasteiger partial charge >= 0.3 is 0 Å². The van der Waals surface area contributed by atoms with E-state index in [4.69, 9.17) is 4.99 Å². The molecular weight excluding hydrogens is 304 g/mol. The van der Waals surface area contributed by atoms with Crippen LogP contribution in [0.3, 0.4) is 0 Å². The van der Waals surface area contributed by atoms with E-state index in [0.717, 1.165) is 27.4 Å². The smallest absolute Gasteiger partial charge is 0.155 e. The topological polar surface area (TPSA) is 49.6 Å². The third kappa shape index (κ3) is 2.66. The Morgan fingerprint density at radius 2 is 2.04 bits per heavy atom. The third-order valence-electron chi connectivity index (χ3n) is 3.60. The molecule has 0 saturated carbocycles. The Bertz CT molecular complexity index is 896. The van der Waals surface area contributed by atoms with Crippen molar-refractivity contribution in [1.29, 1.82) is 0 Å². The number of nitrogens with zero attached hydrogens (tertiary/aromatic N) is 3. The molecule has 0 atom stereocenters. The number of fused-ring (bicyclic) bond motifs is 1. The summed E-state index contributed by atoms with van der Waals surface area (Å²) >= 11 is 1.67. The van der Waals surface area contributed by atoms with Gasteiger partial charge in [-0.2, -0.15) is 5.10 Å². The van der Waals surface area contributed by atoms with Gasteiger partial charge in [-0.3, -0.25) is 10.4 Å². The average molecular weight is 318 g/mol. The molecule has 0 bridgehead atoms. The van der Waals surface area contributed by atoms with Crippen LogP contribution in [0.25, 0.3) is 0 Å². The first-order valence-corrected chi connectivity index (χ1v) is 8.17. The number of hydrogen-bond donors (Lipinski definition) is 1. The molecular formula is C18H14N4S. The molecule has 0 aliphatic carbocycles. The summed E-state index contributed by atoms with van der Waals surface area (Å²) in [6.45, 7) is 2.08. The van der Waals surface area contributed by atoms with Crippen LogP contribution in [-0.2, 0) is 0 Å². The Balaban J connectivity index is 1.89. The monoisotopic (exact) mass is 318 g/mol. The summed E-state index contributed by atoms with van der Waals surface area (Å²) in [5.41, 5.74) is 8.07. The minimum atomic E-state index is 0.703. The van der Waals surface area contributed by atoms with Crippen LogP contribution in [0.15, 0.2) is 70.3 Å². The van der Waals surface area contributed by atoms with Gasteiger partial charge < -0.3 is 0 Å². The van der Waals surface area contributed by atoms with Gasteiger partial charge in [0.15, 0.2) is 5.84 Å². The number of benzene rings is 1. The van der Waals surface area contributed by atoms with Crippen molar-refractivity contribution in [2.45, 2.75) is 6.92 Å². The molecule has 0 fully saturated rings. The highest BCUT2D eigenvalue weighted by atomic mass is 32.1. The van der Waals surface area contributed by atoms with Crippen LogP contribution in [0, 0.1) is 6.92 Å². The molecule has 1 aliphatic heterocycles. The second-order valence-corrected chi connectivity index (χ2v) is 6.22. The van der Waals surface area contributed by atoms with E-state index in [-0.39, 0.29) is 0 Å². The first-order chi connectivity index (χ1) is 11.3. The van der Waals surface area contributed by atoms with E-state index in [1.165, 1.54) is 5.56 Å². The van der Waals surface area contributed by atoms with Crippen molar-refractivity contribution < 1.29 is 0 Å². The van der Waals surface area contributed by atoms with E-state index >= 15 is 0 Å². The van der Waals surface area contributed by atoms with Crippen molar-refractivity contribution in [2.24, 2.45) is 10.1 Å². The summed E-state index contributed by atoms with van der Waals surface area (Å²) < 4.78 is 0. The second kappa shape index (κ2) is 5.78. The van der Waals surface area contributed by atoms with Crippen LogP contribution < -0.4 is 5.43 Å². The third-order valence-corrected chi connectivity index (χ3v) is 4.48. The summed E-state index contributed by atoms with van der Waals surface area (Å²) in [5.74, 6) is 0.703. The Morgan fingerprint density at radius 1 is 1.09 bits per heavy atom. The molecule has 5 heteroatoms. The lowest BCUT2D eigenvalue weighted by molar-refractivity contribution is 1.03. The molecule has 4 nitrogen and oxygen atoms in total. The number of thiophene rings is 1. The quantitative estimate of drug-likeness (QED) is 0.779. The number of aliphatic imine (C=N–C) groups is 1. The van der Waals surface area contributed by atoms with Gasteiger partial charge in [0.05, 0.1) is 10.6 Å². The lowest BCUT2D eigenvalue weighted by atomic mass is 10.0. The summed E-state index contributed by atoms with van der Waals surface area (Å²) in [6, 6.07) is 14.2. The maximum atomic E-state index is 4.77. The van der Waals surface area contributed by atoms with Crippen molar-refractivity contribution >= 4 is 28.6 Å². The van der Waals surface area contributed by atoms with Gasteiger partial charge in [-0.25, -0.2) is 4.99 Å². The highest BCUT2D eigenvalue weighted by Crippen LogP contribution is 2.28. The van der Waals surface area contributed by atoms with Crippen LogP contribution in [0.1, 0.15) is 21.6 Å². The second-order valence-electron chi connectivity index (χ2n) is 5.27. The Morgan fingerprint density at radius 3 is 2.83 bits per heavy atom. The zero-order chi connectivity index (χ0) is 15.6. The molecule has 0 amide bonds. The molecule has 0 spiro atoms. The largest absolute Gasteiger partial charge is 0.264 e. The fraction of sp³-hybridized carbons (Fsp3) is 0.0556. The first-order valence-electron chi connectivity index (χ1n) is 7.29. The van der Waals surface area contributed by atoms with Gasteiger partial charge in [-0.05, 0) is 42.6 Å². The molecule has 2 aromatic heterocycles. The molecule has 112 valence electrons. The van der Waals surface area contributed by atoms with Crippen LogP contribution in [0.4, 0.5) is 5.69 Å². The van der Waals surface area contributed by atoms with Gasteiger partial charge in [-0.1, -0.05) is 17.7 Å². The molecule has 0 radical (unpaired) electrons. The molecule has 0 saturated heterocycles. The lowest BCUT2D eigenvalue weighted by Crippen LogP contribution is -2.19. The van der Waals surface area contributed by atoms with Crippen LogP contribution >= 0.6 is 11.3 Å². The summed E-state index contributed by atoms with van der Waals surface area (Å²) in [4.78, 5) is 10.0. The Hall–Kier alpha value is -2.79. The van der Waals surface area contributed by atoms with Gasteiger partial charge in [-0.15, -0.1) is 11.3 Å². The number of pyridine rings is 1. The van der Waals surface area contributed by atoms with E-state index in [9.17, 15) is 0 Å². The van der Waals surface area contributed by atoms with Gasteiger partial charge in [0.1, 0.15) is 5.71 Å². The summed E-state index contributed by atoms with van der Waals surface area (Å²) in [7, 11) is 0. The first kappa shape index (κ1) is 13.8. The highest BCUT2D eigenvalue weighted by molar-refractivity contribution is 7.12. The molecule has 0 unspecified atom stereocenters. The van der Waals surface area contributed by atoms with Gasteiger partial charge in [0.25, 0.3) is 0 Å². The number of hydrazone groups is 1. The molecule has 23 heavy (non-hydrogen) atoms. The number of aryl methyl sites for hydroxylation is 1. The molecule has 1 aromatic carbocycles. The number of aromatic nitrogens is 1. The van der Waals surface area contributed by atoms with Crippen LogP contribution in [0.2, 0.25) is 0 Å². The molecule has 4 rings (SSSR count). The maximum Gasteiger partial charge on any atom is 0.155 e. The summed E-state index contributed by atoms with van der Waals surface area (Å²) in [5, 5.41) is 6.68. The van der Waals surface area contributed by atoms with Gasteiger partial charge in [0, 0.05) is 23.5 Å². The molecule has 3 aromatic rings. The van der Waals surface area contributed by atoms with E-state index in [0.29, 0.717) is 5.84 Å². The Kier molecular flexibility index (Phi) is 3.48. The molecule has 1 N–H and O–H groups in total. The average Bonchev–Trinajstić information content (AvgIpc) is 3.04. The number of rotatable bonds is 2. The zero-order valence-corrected chi connectivity index (χ0v) is 13.3. The highest BCUT2D eigenvalue weighted by Gasteiger charge is 2.17. The van der Waals surface area contributed by atoms with Gasteiger partial charge in [0.2, 0.25) is 0 Å². The van der Waals surface area contributed by atoms with Crippen molar-refractivity contribution in [3.05, 3.63) is 81.8 Å². The van der Waals surface area contributed by atoms with Crippen molar-refractivity contribution in [3.63, 3.8) is 0 Å². The Labute approximate surface area is 138 Å². The van der Waals surface area contributed by atoms with Crippen molar-refractivity contribution in [1.82, 2.24) is 10.4 Å². The number of nitrogens with one attached hydrogen (secondary N) is 1. The normalized spacial score (nSPS) is 13.4. The molecule has 3 heterocycles. The van der Waals surface area contributed by atoms with Crippen molar-refractivity contribution in [3.8, 4) is 0 Å². The van der Waals surface area contributed by atoms with Crippen molar-refractivity contribution in [2.75, 3.05) is 0 Å². The fourth-order valence-electron chi connectivity index (χ4n) is 2.48. The van der Waals surface area contributed by atoms with E-state index in [1.807, 2.05) is 24.3 Å². The minimum absolute atomic E-state index is 0.703. The molecule has 1 aliphatic rings. The van der Waals surface area contributed by atoms with Crippen LogP contribution in [0.5, 0.6) is 0 Å². The van der Waals surface area contributed by atoms with E-state index in [2.05, 4.69) is 46.0 Å². The van der Waals surface area contributed by atoms with E-state index < -0.39 is 0 Å². The lowest BCUT2D eigenvalue weighted by Gasteiger charge is -2.06.